The van der Waals surface area contributed by atoms with Crippen LogP contribution in [0.4, 0.5) is 0 Å². The van der Waals surface area contributed by atoms with Crippen LogP contribution < -0.4 is 0 Å². The predicted molar refractivity (Wildman–Crippen MR) is 62.3 cm³/mol. The molecule has 1 rings (SSSR count). The minimum atomic E-state index is -1.57. The zero-order valence-corrected chi connectivity index (χ0v) is 12.7. The van der Waals surface area contributed by atoms with Gasteiger partial charge in [0.1, 0.15) is 0 Å². The summed E-state index contributed by atoms with van der Waals surface area (Å²) in [5.74, 6) is 0.320. The third kappa shape index (κ3) is 2.42. The van der Waals surface area contributed by atoms with Crippen LogP contribution >= 0.6 is 0 Å². The van der Waals surface area contributed by atoms with Gasteiger partial charge in [0.25, 0.3) is 0 Å². The molecular weight excluding hydrogens is 369 g/mol. The number of carbonyl (C=O) groups is 1. The molecule has 2 heteroatoms. The fraction of sp³-hybridized carbons (Fsp3) is 0.417. The Balaban J connectivity index is 2.97. The number of rotatable bonds is 3. The van der Waals surface area contributed by atoms with Crippen LogP contribution in [-0.2, 0) is 0 Å². The van der Waals surface area contributed by atoms with E-state index < -0.39 is 21.8 Å². The van der Waals surface area contributed by atoms with Gasteiger partial charge >= 0.3 is 94.5 Å². The molecule has 1 nitrogen and oxygen atoms in total. The normalized spacial score (nSPS) is 11.8. The summed E-state index contributed by atoms with van der Waals surface area (Å²) in [7, 11) is 0. The Hall–Kier alpha value is -0.227. The van der Waals surface area contributed by atoms with E-state index in [0.29, 0.717) is 5.78 Å². The van der Waals surface area contributed by atoms with Gasteiger partial charge in [0.2, 0.25) is 0 Å². The van der Waals surface area contributed by atoms with Crippen LogP contribution in [0.25, 0.3) is 0 Å². The number of carbonyl (C=O) groups excluding carboxylic acids is 1. The van der Waals surface area contributed by atoms with Crippen molar-refractivity contribution in [3.8, 4) is 0 Å². The first-order chi connectivity index (χ1) is 6.46. The van der Waals surface area contributed by atoms with Gasteiger partial charge in [-0.25, -0.2) is 0 Å². The Morgan fingerprint density at radius 3 is 2.07 bits per heavy atom. The third-order valence-electron chi connectivity index (χ3n) is 2.71. The maximum atomic E-state index is 12.2. The molecule has 0 saturated heterocycles. The van der Waals surface area contributed by atoms with E-state index in [0.717, 1.165) is 5.56 Å². The van der Waals surface area contributed by atoms with Gasteiger partial charge in [0, 0.05) is 0 Å². The van der Waals surface area contributed by atoms with Gasteiger partial charge in [0.15, 0.2) is 0 Å². The van der Waals surface area contributed by atoms with E-state index in [-0.39, 0.29) is 3.12 Å². The van der Waals surface area contributed by atoms with Gasteiger partial charge in [-0.05, 0) is 0 Å². The van der Waals surface area contributed by atoms with Crippen molar-refractivity contribution in [2.75, 3.05) is 0 Å². The fourth-order valence-corrected chi connectivity index (χ4v) is 3.23. The zero-order chi connectivity index (χ0) is 10.8. The molecule has 0 bridgehead atoms. The van der Waals surface area contributed by atoms with Gasteiger partial charge in [-0.1, -0.05) is 0 Å². The summed E-state index contributed by atoms with van der Waals surface area (Å²) in [6.45, 7) is 4.19. The molecule has 0 N–H and O–H groups in total. The molecule has 0 aromatic heterocycles. The van der Waals surface area contributed by atoms with Gasteiger partial charge in [-0.15, -0.1) is 0 Å². The molecule has 0 amide bonds. The molecule has 1 aromatic rings. The van der Waals surface area contributed by atoms with Crippen molar-refractivity contribution < 1.29 is 4.79 Å². The average molecular weight is 386 g/mol. The number of ketones is 1. The summed E-state index contributed by atoms with van der Waals surface area (Å²) in [5, 5.41) is 0. The second-order valence-electron chi connectivity index (χ2n) is 4.15. The summed E-state index contributed by atoms with van der Waals surface area (Å²) in [6.07, 6.45) is 0. The number of hydrogen-bond donors (Lipinski definition) is 0. The molecular formula is C12H17BiO. The molecule has 0 aliphatic heterocycles. The summed E-state index contributed by atoms with van der Waals surface area (Å²) in [4.78, 5) is 12.2. The van der Waals surface area contributed by atoms with Gasteiger partial charge in [0.05, 0.1) is 0 Å². The monoisotopic (exact) mass is 386 g/mol. The number of benzene rings is 1. The first kappa shape index (κ1) is 11.8. The van der Waals surface area contributed by atoms with E-state index in [1.807, 2.05) is 30.3 Å². The van der Waals surface area contributed by atoms with Crippen molar-refractivity contribution in [1.29, 1.82) is 0 Å². The Kier molecular flexibility index (Phi) is 3.83. The second-order valence-corrected chi connectivity index (χ2v) is 15.4. The maximum absolute atomic E-state index is 12.2. The molecule has 76 valence electrons. The van der Waals surface area contributed by atoms with Gasteiger partial charge in [-0.2, -0.15) is 0 Å². The summed E-state index contributed by atoms with van der Waals surface area (Å²) < 4.78 is 4.50. The van der Waals surface area contributed by atoms with E-state index in [1.54, 1.807) is 0 Å². The average Bonchev–Trinajstić information content (AvgIpc) is 2.17. The SMILES string of the molecule is [CH3][Bi]([CH3])[C](C)(C)C(=O)c1ccccc1. The van der Waals surface area contributed by atoms with E-state index in [2.05, 4.69) is 23.1 Å². The second kappa shape index (κ2) is 4.53. The van der Waals surface area contributed by atoms with E-state index in [1.165, 1.54) is 0 Å². The van der Waals surface area contributed by atoms with Gasteiger partial charge < -0.3 is 0 Å². The van der Waals surface area contributed by atoms with Crippen LogP contribution in [0, 0.1) is 0 Å². The van der Waals surface area contributed by atoms with Crippen molar-refractivity contribution >= 4 is 27.5 Å². The summed E-state index contributed by atoms with van der Waals surface area (Å²) >= 11 is -1.57. The molecule has 0 aliphatic rings. The van der Waals surface area contributed by atoms with Crippen molar-refractivity contribution in [3.05, 3.63) is 35.9 Å². The molecule has 0 unspecified atom stereocenters. The molecule has 0 aliphatic carbocycles. The molecule has 0 saturated carbocycles. The van der Waals surface area contributed by atoms with Crippen LogP contribution in [0.5, 0.6) is 0 Å². The summed E-state index contributed by atoms with van der Waals surface area (Å²) in [6, 6.07) is 9.63. The van der Waals surface area contributed by atoms with Crippen molar-refractivity contribution in [2.24, 2.45) is 0 Å². The first-order valence-electron chi connectivity index (χ1n) is 4.73. The predicted octanol–water partition coefficient (Wildman–Crippen LogP) is 3.40. The quantitative estimate of drug-likeness (QED) is 0.575. The molecule has 0 spiro atoms. The van der Waals surface area contributed by atoms with Crippen molar-refractivity contribution in [1.82, 2.24) is 0 Å². The molecule has 0 atom stereocenters. The van der Waals surface area contributed by atoms with Crippen molar-refractivity contribution in [3.63, 3.8) is 0 Å². The minimum absolute atomic E-state index is 0.0727. The first-order valence-corrected chi connectivity index (χ1v) is 13.4. The molecule has 0 radical (unpaired) electrons. The fourth-order valence-electron chi connectivity index (χ4n) is 1.15. The van der Waals surface area contributed by atoms with E-state index in [4.69, 9.17) is 0 Å². The summed E-state index contributed by atoms with van der Waals surface area (Å²) in [5.41, 5.74) is 0.862. The molecule has 1 aromatic carbocycles. The Labute approximate surface area is 94.2 Å². The number of Topliss-reactive ketones (excluding diaryl/α,β-unsaturated/α-hetero) is 1. The van der Waals surface area contributed by atoms with Crippen molar-refractivity contribution in [2.45, 2.75) is 26.2 Å². The van der Waals surface area contributed by atoms with E-state index in [9.17, 15) is 4.79 Å². The van der Waals surface area contributed by atoms with Crippen LogP contribution in [0.3, 0.4) is 0 Å². The Bertz CT molecular complexity index is 314. The molecule has 14 heavy (non-hydrogen) atoms. The van der Waals surface area contributed by atoms with Crippen LogP contribution in [0.2, 0.25) is 12.4 Å². The molecule has 0 heterocycles. The van der Waals surface area contributed by atoms with Gasteiger partial charge in [-0.3, -0.25) is 0 Å². The Morgan fingerprint density at radius 1 is 1.14 bits per heavy atom. The molecule has 0 fully saturated rings. The number of hydrogen-bond acceptors (Lipinski definition) is 1. The van der Waals surface area contributed by atoms with E-state index >= 15 is 0 Å². The Morgan fingerprint density at radius 2 is 1.64 bits per heavy atom. The third-order valence-corrected chi connectivity index (χ3v) is 12.2. The van der Waals surface area contributed by atoms with Crippen LogP contribution in [-0.4, -0.2) is 27.5 Å². The van der Waals surface area contributed by atoms with Crippen LogP contribution in [0.1, 0.15) is 24.2 Å². The standard InChI is InChI=1S/C10H11O.2CH3.Bi/c1-8(2)10(11)9-6-4-3-5-7-9;;;/h3-7H,1-2H3;2*1H3;. The topological polar surface area (TPSA) is 17.1 Å². The zero-order valence-electron chi connectivity index (χ0n) is 9.24. The van der Waals surface area contributed by atoms with Crippen LogP contribution in [0.15, 0.2) is 30.3 Å².